The van der Waals surface area contributed by atoms with Crippen molar-refractivity contribution in [3.8, 4) is 5.75 Å². The number of hydrogen-bond donors (Lipinski definition) is 1. The Kier molecular flexibility index (Phi) is 4.57. The van der Waals surface area contributed by atoms with E-state index in [1.165, 1.54) is 5.56 Å². The first-order valence-corrected chi connectivity index (χ1v) is 7.52. The van der Waals surface area contributed by atoms with E-state index in [0.29, 0.717) is 24.4 Å². The molecule has 0 unspecified atom stereocenters. The second kappa shape index (κ2) is 6.96. The van der Waals surface area contributed by atoms with Crippen LogP contribution in [0.1, 0.15) is 11.3 Å². The SMILES string of the molecule is Cc1ccc(OCCNC(=O)Cc2noc3ccccc23)cc1. The minimum Gasteiger partial charge on any atom is -0.492 e. The largest absolute Gasteiger partial charge is 0.492 e. The number of aromatic nitrogens is 1. The van der Waals surface area contributed by atoms with Gasteiger partial charge < -0.3 is 14.6 Å². The van der Waals surface area contributed by atoms with Crippen molar-refractivity contribution in [1.82, 2.24) is 10.5 Å². The lowest BCUT2D eigenvalue weighted by molar-refractivity contribution is -0.120. The van der Waals surface area contributed by atoms with E-state index in [1.54, 1.807) is 0 Å². The molecule has 23 heavy (non-hydrogen) atoms. The summed E-state index contributed by atoms with van der Waals surface area (Å²) < 4.78 is 10.8. The molecule has 2 aromatic carbocycles. The Morgan fingerprint density at radius 3 is 2.78 bits per heavy atom. The number of carbonyl (C=O) groups excluding carboxylic acids is 1. The molecule has 0 aliphatic heterocycles. The Bertz CT molecular complexity index is 793. The van der Waals surface area contributed by atoms with Crippen LogP contribution in [0.2, 0.25) is 0 Å². The highest BCUT2D eigenvalue weighted by Gasteiger charge is 2.11. The number of para-hydroxylation sites is 1. The van der Waals surface area contributed by atoms with Crippen LogP contribution in [0.4, 0.5) is 0 Å². The third-order valence-corrected chi connectivity index (χ3v) is 3.49. The molecule has 1 heterocycles. The molecule has 0 atom stereocenters. The highest BCUT2D eigenvalue weighted by Crippen LogP contribution is 2.17. The van der Waals surface area contributed by atoms with Crippen molar-refractivity contribution in [1.29, 1.82) is 0 Å². The number of benzene rings is 2. The van der Waals surface area contributed by atoms with E-state index in [-0.39, 0.29) is 12.3 Å². The number of nitrogens with zero attached hydrogens (tertiary/aromatic N) is 1. The molecule has 0 aliphatic carbocycles. The monoisotopic (exact) mass is 310 g/mol. The van der Waals surface area contributed by atoms with Crippen LogP contribution in [0.5, 0.6) is 5.75 Å². The summed E-state index contributed by atoms with van der Waals surface area (Å²) >= 11 is 0. The molecular formula is C18H18N2O3. The first kappa shape index (κ1) is 15.1. The quantitative estimate of drug-likeness (QED) is 0.711. The van der Waals surface area contributed by atoms with Crippen LogP contribution in [0.25, 0.3) is 11.0 Å². The average Bonchev–Trinajstić information content (AvgIpc) is 2.96. The Balaban J connectivity index is 1.45. The maximum Gasteiger partial charge on any atom is 0.226 e. The van der Waals surface area contributed by atoms with Crippen LogP contribution in [-0.4, -0.2) is 24.2 Å². The Morgan fingerprint density at radius 2 is 1.96 bits per heavy atom. The molecule has 0 saturated carbocycles. The number of hydrogen-bond acceptors (Lipinski definition) is 4. The number of nitrogens with one attached hydrogen (secondary N) is 1. The molecule has 3 aromatic rings. The number of fused-ring (bicyclic) bond motifs is 1. The van der Waals surface area contributed by atoms with Crippen molar-refractivity contribution in [2.24, 2.45) is 0 Å². The molecule has 0 bridgehead atoms. The van der Waals surface area contributed by atoms with Gasteiger partial charge in [0.05, 0.1) is 13.0 Å². The number of rotatable bonds is 6. The van der Waals surface area contributed by atoms with E-state index in [9.17, 15) is 4.79 Å². The van der Waals surface area contributed by atoms with E-state index < -0.39 is 0 Å². The molecule has 3 rings (SSSR count). The number of ether oxygens (including phenoxy) is 1. The number of carbonyl (C=O) groups is 1. The van der Waals surface area contributed by atoms with Gasteiger partial charge >= 0.3 is 0 Å². The smallest absolute Gasteiger partial charge is 0.226 e. The van der Waals surface area contributed by atoms with Gasteiger partial charge in [-0.05, 0) is 31.2 Å². The summed E-state index contributed by atoms with van der Waals surface area (Å²) in [5, 5.41) is 7.65. The van der Waals surface area contributed by atoms with Gasteiger partial charge in [0.25, 0.3) is 0 Å². The maximum atomic E-state index is 12.0. The van der Waals surface area contributed by atoms with E-state index in [2.05, 4.69) is 10.5 Å². The molecule has 118 valence electrons. The van der Waals surface area contributed by atoms with Gasteiger partial charge in [0, 0.05) is 5.39 Å². The van der Waals surface area contributed by atoms with Gasteiger partial charge in [0.2, 0.25) is 5.91 Å². The zero-order valence-electron chi connectivity index (χ0n) is 12.9. The molecule has 5 heteroatoms. The highest BCUT2D eigenvalue weighted by atomic mass is 16.5. The van der Waals surface area contributed by atoms with E-state index >= 15 is 0 Å². The van der Waals surface area contributed by atoms with Gasteiger partial charge in [-0.1, -0.05) is 35.0 Å². The zero-order chi connectivity index (χ0) is 16.1. The molecule has 0 aliphatic rings. The van der Waals surface area contributed by atoms with Crippen molar-refractivity contribution in [2.75, 3.05) is 13.2 Å². The van der Waals surface area contributed by atoms with Gasteiger partial charge in [-0.2, -0.15) is 0 Å². The topological polar surface area (TPSA) is 64.4 Å². The van der Waals surface area contributed by atoms with Crippen molar-refractivity contribution in [3.63, 3.8) is 0 Å². The molecular weight excluding hydrogens is 292 g/mol. The van der Waals surface area contributed by atoms with Gasteiger partial charge in [0.1, 0.15) is 18.1 Å². The lowest BCUT2D eigenvalue weighted by Crippen LogP contribution is -2.29. The minimum atomic E-state index is -0.100. The lowest BCUT2D eigenvalue weighted by atomic mass is 10.1. The van der Waals surface area contributed by atoms with E-state index in [0.717, 1.165) is 11.1 Å². The summed E-state index contributed by atoms with van der Waals surface area (Å²) in [6.45, 7) is 2.90. The highest BCUT2D eigenvalue weighted by molar-refractivity contribution is 5.86. The number of amides is 1. The third kappa shape index (κ3) is 3.88. The van der Waals surface area contributed by atoms with Crippen LogP contribution < -0.4 is 10.1 Å². The standard InChI is InChI=1S/C18H18N2O3/c1-13-6-8-14(9-7-13)22-11-10-19-18(21)12-16-15-4-2-3-5-17(15)23-20-16/h2-9H,10-12H2,1H3,(H,19,21). The van der Waals surface area contributed by atoms with Crippen LogP contribution in [0.15, 0.2) is 53.1 Å². The fourth-order valence-corrected chi connectivity index (χ4v) is 2.27. The van der Waals surface area contributed by atoms with Gasteiger partial charge in [-0.15, -0.1) is 0 Å². The van der Waals surface area contributed by atoms with Crippen LogP contribution in [0.3, 0.4) is 0 Å². The predicted octanol–water partition coefficient (Wildman–Crippen LogP) is 2.87. The molecule has 0 fully saturated rings. The van der Waals surface area contributed by atoms with E-state index in [1.807, 2.05) is 55.5 Å². The molecule has 0 spiro atoms. The van der Waals surface area contributed by atoms with Crippen LogP contribution >= 0.6 is 0 Å². The summed E-state index contributed by atoms with van der Waals surface area (Å²) in [6.07, 6.45) is 0.196. The van der Waals surface area contributed by atoms with Crippen molar-refractivity contribution in [3.05, 3.63) is 59.8 Å². The first-order valence-electron chi connectivity index (χ1n) is 7.52. The van der Waals surface area contributed by atoms with Crippen molar-refractivity contribution in [2.45, 2.75) is 13.3 Å². The predicted molar refractivity (Wildman–Crippen MR) is 87.4 cm³/mol. The first-order chi connectivity index (χ1) is 11.2. The van der Waals surface area contributed by atoms with E-state index in [4.69, 9.17) is 9.26 Å². The normalized spacial score (nSPS) is 10.7. The Labute approximate surface area is 134 Å². The summed E-state index contributed by atoms with van der Waals surface area (Å²) in [4.78, 5) is 12.0. The molecule has 1 N–H and O–H groups in total. The summed E-state index contributed by atoms with van der Waals surface area (Å²) in [5.41, 5.74) is 2.53. The summed E-state index contributed by atoms with van der Waals surface area (Å²) in [7, 11) is 0. The van der Waals surface area contributed by atoms with Gasteiger partial charge in [0.15, 0.2) is 5.58 Å². The van der Waals surface area contributed by atoms with Crippen molar-refractivity contribution < 1.29 is 14.1 Å². The molecule has 5 nitrogen and oxygen atoms in total. The maximum absolute atomic E-state index is 12.0. The van der Waals surface area contributed by atoms with Crippen molar-refractivity contribution >= 4 is 16.9 Å². The molecule has 1 aromatic heterocycles. The molecule has 0 radical (unpaired) electrons. The molecule has 0 saturated heterocycles. The van der Waals surface area contributed by atoms with Gasteiger partial charge in [-0.3, -0.25) is 4.79 Å². The summed E-state index contributed by atoms with van der Waals surface area (Å²) in [6, 6.07) is 15.3. The fraction of sp³-hybridized carbons (Fsp3) is 0.222. The number of aryl methyl sites for hydroxylation is 1. The fourth-order valence-electron chi connectivity index (χ4n) is 2.27. The second-order valence-electron chi connectivity index (χ2n) is 5.31. The Hall–Kier alpha value is -2.82. The van der Waals surface area contributed by atoms with Crippen LogP contribution in [0, 0.1) is 6.92 Å². The molecule has 1 amide bonds. The average molecular weight is 310 g/mol. The van der Waals surface area contributed by atoms with Gasteiger partial charge in [-0.25, -0.2) is 0 Å². The summed E-state index contributed by atoms with van der Waals surface area (Å²) in [5.74, 6) is 0.698. The zero-order valence-corrected chi connectivity index (χ0v) is 12.9. The second-order valence-corrected chi connectivity index (χ2v) is 5.31. The lowest BCUT2D eigenvalue weighted by Gasteiger charge is -2.07. The minimum absolute atomic E-state index is 0.100. The Morgan fingerprint density at radius 1 is 1.17 bits per heavy atom. The van der Waals surface area contributed by atoms with Crippen LogP contribution in [-0.2, 0) is 11.2 Å². The third-order valence-electron chi connectivity index (χ3n) is 3.49.